The molecule has 148 valence electrons. The van der Waals surface area contributed by atoms with Crippen LogP contribution >= 0.6 is 0 Å². The molecular formula is C22H21N3O4. The number of nitrogens with one attached hydrogen (secondary N) is 2. The average molecular weight is 391 g/mol. The molecule has 4 rings (SSSR count). The third kappa shape index (κ3) is 4.68. The van der Waals surface area contributed by atoms with Crippen molar-refractivity contribution in [3.8, 4) is 0 Å². The first-order valence-corrected chi connectivity index (χ1v) is 9.63. The quantitative estimate of drug-likeness (QED) is 0.603. The smallest absolute Gasteiger partial charge is 0.307 e. The minimum Gasteiger partial charge on any atom is -0.447 e. The highest BCUT2D eigenvalue weighted by Crippen LogP contribution is 2.23. The Balaban J connectivity index is 1.44. The SMILES string of the molecule is O=C(CCc1nc2ccccc2c(=O)[nH]1)O[C@@H](C(=O)NC1CC1)c1ccccc1. The third-order valence-electron chi connectivity index (χ3n) is 4.74. The maximum Gasteiger partial charge on any atom is 0.307 e. The average Bonchev–Trinajstić information content (AvgIpc) is 3.55. The van der Waals surface area contributed by atoms with Gasteiger partial charge in [0.05, 0.1) is 17.3 Å². The number of nitrogens with zero attached hydrogens (tertiary/aromatic N) is 1. The maximum atomic E-state index is 12.5. The largest absolute Gasteiger partial charge is 0.447 e. The summed E-state index contributed by atoms with van der Waals surface area (Å²) in [6.45, 7) is 0. The van der Waals surface area contributed by atoms with E-state index in [2.05, 4.69) is 15.3 Å². The number of hydrogen-bond donors (Lipinski definition) is 2. The second kappa shape index (κ2) is 8.26. The summed E-state index contributed by atoms with van der Waals surface area (Å²) in [6, 6.07) is 16.1. The first-order valence-electron chi connectivity index (χ1n) is 9.63. The normalized spacial score (nSPS) is 14.3. The second-order valence-electron chi connectivity index (χ2n) is 7.09. The molecule has 1 amide bonds. The molecule has 2 N–H and O–H groups in total. The summed E-state index contributed by atoms with van der Waals surface area (Å²) >= 11 is 0. The van der Waals surface area contributed by atoms with Crippen LogP contribution in [0.25, 0.3) is 10.9 Å². The fourth-order valence-electron chi connectivity index (χ4n) is 3.07. The molecule has 1 aromatic heterocycles. The van der Waals surface area contributed by atoms with Gasteiger partial charge in [-0.05, 0) is 25.0 Å². The van der Waals surface area contributed by atoms with E-state index in [0.29, 0.717) is 22.3 Å². The van der Waals surface area contributed by atoms with E-state index in [1.807, 2.05) is 6.07 Å². The molecule has 3 aromatic rings. The van der Waals surface area contributed by atoms with Crippen LogP contribution in [0.3, 0.4) is 0 Å². The molecule has 0 radical (unpaired) electrons. The number of amides is 1. The summed E-state index contributed by atoms with van der Waals surface area (Å²) in [5.74, 6) is -0.436. The zero-order valence-corrected chi connectivity index (χ0v) is 15.8. The lowest BCUT2D eigenvalue weighted by molar-refractivity contribution is -0.156. The van der Waals surface area contributed by atoms with Gasteiger partial charge in [0.2, 0.25) is 6.10 Å². The van der Waals surface area contributed by atoms with Gasteiger partial charge in [-0.1, -0.05) is 42.5 Å². The molecule has 29 heavy (non-hydrogen) atoms. The fraction of sp³-hybridized carbons (Fsp3) is 0.273. The molecule has 1 aliphatic carbocycles. The summed E-state index contributed by atoms with van der Waals surface area (Å²) in [5.41, 5.74) is 0.951. The van der Waals surface area contributed by atoms with Crippen LogP contribution in [0.15, 0.2) is 59.4 Å². The number of fused-ring (bicyclic) bond motifs is 1. The molecular weight excluding hydrogens is 370 g/mol. The number of benzene rings is 2. The molecule has 1 atom stereocenters. The van der Waals surface area contributed by atoms with Crippen LogP contribution in [0, 0.1) is 0 Å². The molecule has 1 aliphatic rings. The number of aromatic amines is 1. The van der Waals surface area contributed by atoms with Crippen LogP contribution < -0.4 is 10.9 Å². The van der Waals surface area contributed by atoms with E-state index >= 15 is 0 Å². The lowest BCUT2D eigenvalue weighted by Crippen LogP contribution is -2.33. The lowest BCUT2D eigenvalue weighted by atomic mass is 10.1. The Morgan fingerprint density at radius 1 is 1.10 bits per heavy atom. The van der Waals surface area contributed by atoms with Crippen molar-refractivity contribution in [3.05, 3.63) is 76.3 Å². The number of esters is 1. The number of carbonyl (C=O) groups excluding carboxylic acids is 2. The number of para-hydroxylation sites is 1. The molecule has 1 fully saturated rings. The standard InChI is InChI=1S/C22H21N3O4/c26-19(13-12-18-24-17-9-5-4-8-16(17)21(27)25-18)29-20(14-6-2-1-3-7-14)22(28)23-15-10-11-15/h1-9,15,20H,10-13H2,(H,23,28)(H,24,25,27)/t20-/m1/s1. The summed E-state index contributed by atoms with van der Waals surface area (Å²) in [6.07, 6.45) is 1.11. The van der Waals surface area contributed by atoms with Crippen molar-refractivity contribution in [2.45, 2.75) is 37.8 Å². The van der Waals surface area contributed by atoms with Crippen molar-refractivity contribution in [1.82, 2.24) is 15.3 Å². The predicted octanol–water partition coefficient (Wildman–Crippen LogP) is 2.42. The third-order valence-corrected chi connectivity index (χ3v) is 4.74. The number of rotatable bonds is 7. The molecule has 7 nitrogen and oxygen atoms in total. The van der Waals surface area contributed by atoms with Gasteiger partial charge in [0, 0.05) is 18.0 Å². The number of aryl methyl sites for hydroxylation is 1. The Bertz CT molecular complexity index is 1090. The fourth-order valence-corrected chi connectivity index (χ4v) is 3.07. The van der Waals surface area contributed by atoms with Gasteiger partial charge in [-0.25, -0.2) is 4.98 Å². The van der Waals surface area contributed by atoms with Crippen LogP contribution in [0.2, 0.25) is 0 Å². The molecule has 1 heterocycles. The van der Waals surface area contributed by atoms with Crippen molar-refractivity contribution in [1.29, 1.82) is 0 Å². The van der Waals surface area contributed by atoms with Gasteiger partial charge >= 0.3 is 5.97 Å². The number of carbonyl (C=O) groups is 2. The molecule has 7 heteroatoms. The topological polar surface area (TPSA) is 101 Å². The Morgan fingerprint density at radius 3 is 2.59 bits per heavy atom. The minimum absolute atomic E-state index is 0.00131. The first kappa shape index (κ1) is 18.9. The van der Waals surface area contributed by atoms with E-state index in [1.165, 1.54) is 0 Å². The lowest BCUT2D eigenvalue weighted by Gasteiger charge is -2.18. The van der Waals surface area contributed by atoms with E-state index in [0.717, 1.165) is 12.8 Å². The van der Waals surface area contributed by atoms with Gasteiger partial charge in [0.25, 0.3) is 11.5 Å². The highest BCUT2D eigenvalue weighted by atomic mass is 16.5. The predicted molar refractivity (Wildman–Crippen MR) is 107 cm³/mol. The number of ether oxygens (including phenoxy) is 1. The zero-order chi connectivity index (χ0) is 20.2. The van der Waals surface area contributed by atoms with Gasteiger partial charge in [0.1, 0.15) is 5.82 Å². The molecule has 0 spiro atoms. The molecule has 0 aliphatic heterocycles. The van der Waals surface area contributed by atoms with Crippen molar-refractivity contribution in [2.75, 3.05) is 0 Å². The first-order chi connectivity index (χ1) is 14.1. The number of aromatic nitrogens is 2. The van der Waals surface area contributed by atoms with Gasteiger partial charge in [-0.2, -0.15) is 0 Å². The van der Waals surface area contributed by atoms with E-state index in [-0.39, 0.29) is 30.3 Å². The highest BCUT2D eigenvalue weighted by molar-refractivity contribution is 5.85. The summed E-state index contributed by atoms with van der Waals surface area (Å²) < 4.78 is 5.50. The second-order valence-corrected chi connectivity index (χ2v) is 7.09. The van der Waals surface area contributed by atoms with E-state index < -0.39 is 12.1 Å². The highest BCUT2D eigenvalue weighted by Gasteiger charge is 2.30. The molecule has 0 unspecified atom stereocenters. The van der Waals surface area contributed by atoms with Gasteiger partial charge in [-0.15, -0.1) is 0 Å². The van der Waals surface area contributed by atoms with Crippen LogP contribution in [-0.2, 0) is 20.7 Å². The van der Waals surface area contributed by atoms with E-state index in [1.54, 1.807) is 48.5 Å². The van der Waals surface area contributed by atoms with Gasteiger partial charge in [-0.3, -0.25) is 14.4 Å². The molecule has 2 aromatic carbocycles. The number of hydrogen-bond acceptors (Lipinski definition) is 5. The zero-order valence-electron chi connectivity index (χ0n) is 15.8. The Kier molecular flexibility index (Phi) is 5.37. The summed E-state index contributed by atoms with van der Waals surface area (Å²) in [4.78, 5) is 44.2. The van der Waals surface area contributed by atoms with Crippen LogP contribution in [0.1, 0.15) is 36.8 Å². The van der Waals surface area contributed by atoms with Crippen LogP contribution in [0.5, 0.6) is 0 Å². The molecule has 0 bridgehead atoms. The van der Waals surface area contributed by atoms with Gasteiger partial charge in [0.15, 0.2) is 0 Å². The van der Waals surface area contributed by atoms with Gasteiger partial charge < -0.3 is 15.0 Å². The van der Waals surface area contributed by atoms with Crippen LogP contribution in [-0.4, -0.2) is 27.9 Å². The summed E-state index contributed by atoms with van der Waals surface area (Å²) in [7, 11) is 0. The van der Waals surface area contributed by atoms with E-state index in [9.17, 15) is 14.4 Å². The van der Waals surface area contributed by atoms with Crippen LogP contribution in [0.4, 0.5) is 0 Å². The Hall–Kier alpha value is -3.48. The Morgan fingerprint density at radius 2 is 1.83 bits per heavy atom. The molecule has 0 saturated heterocycles. The summed E-state index contributed by atoms with van der Waals surface area (Å²) in [5, 5.41) is 3.38. The van der Waals surface area contributed by atoms with Crippen molar-refractivity contribution >= 4 is 22.8 Å². The van der Waals surface area contributed by atoms with Crippen molar-refractivity contribution < 1.29 is 14.3 Å². The van der Waals surface area contributed by atoms with E-state index in [4.69, 9.17) is 4.74 Å². The van der Waals surface area contributed by atoms with Crippen molar-refractivity contribution in [3.63, 3.8) is 0 Å². The monoisotopic (exact) mass is 391 g/mol. The minimum atomic E-state index is -0.993. The number of H-pyrrole nitrogens is 1. The van der Waals surface area contributed by atoms with Crippen molar-refractivity contribution in [2.24, 2.45) is 0 Å². The Labute approximate surface area is 167 Å². The maximum absolute atomic E-state index is 12.5. The molecule has 1 saturated carbocycles.